The summed E-state index contributed by atoms with van der Waals surface area (Å²) in [7, 11) is 0. The average Bonchev–Trinajstić information content (AvgIpc) is 2.94. The van der Waals surface area contributed by atoms with E-state index in [2.05, 4.69) is 20.7 Å². The van der Waals surface area contributed by atoms with E-state index in [1.165, 1.54) is 0 Å². The van der Waals surface area contributed by atoms with Crippen LogP contribution in [-0.4, -0.2) is 44.6 Å². The molecule has 128 valence electrons. The number of nitrogens with one attached hydrogen (secondary N) is 2. The fraction of sp³-hybridized carbons (Fsp3) is 0.471. The van der Waals surface area contributed by atoms with Crippen molar-refractivity contribution in [1.29, 1.82) is 0 Å². The molecule has 24 heavy (non-hydrogen) atoms. The van der Waals surface area contributed by atoms with E-state index in [-0.39, 0.29) is 24.7 Å². The van der Waals surface area contributed by atoms with Gasteiger partial charge in [-0.15, -0.1) is 0 Å². The Kier molecular flexibility index (Phi) is 5.10. The second kappa shape index (κ2) is 7.44. The van der Waals surface area contributed by atoms with Crippen LogP contribution in [0.5, 0.6) is 0 Å². The smallest absolute Gasteiger partial charge is 0.315 e. The third-order valence-corrected chi connectivity index (χ3v) is 4.18. The Morgan fingerprint density at radius 1 is 1.42 bits per heavy atom. The molecule has 2 aromatic rings. The summed E-state index contributed by atoms with van der Waals surface area (Å²) in [6.45, 7) is 2.40. The molecule has 0 saturated carbocycles. The van der Waals surface area contributed by atoms with Gasteiger partial charge in [0.05, 0.1) is 25.2 Å². The largest absolute Gasteiger partial charge is 0.394 e. The first-order chi connectivity index (χ1) is 11.6. The van der Waals surface area contributed by atoms with Crippen LogP contribution in [0.25, 0.3) is 0 Å². The average molecular weight is 329 g/mol. The molecular weight excluding hydrogens is 306 g/mol. The molecule has 1 aromatic heterocycles. The summed E-state index contributed by atoms with van der Waals surface area (Å²) in [6.07, 6.45) is 2.25. The van der Waals surface area contributed by atoms with Crippen molar-refractivity contribution in [2.24, 2.45) is 0 Å². The van der Waals surface area contributed by atoms with E-state index < -0.39 is 0 Å². The number of fused-ring (bicyclic) bond motifs is 1. The van der Waals surface area contributed by atoms with Crippen molar-refractivity contribution in [2.75, 3.05) is 6.61 Å². The maximum absolute atomic E-state index is 12.2. The highest BCUT2D eigenvalue weighted by Gasteiger charge is 2.23. The highest BCUT2D eigenvalue weighted by Crippen LogP contribution is 2.12. The summed E-state index contributed by atoms with van der Waals surface area (Å²) in [5.74, 6) is 1.74. The first-order valence-corrected chi connectivity index (χ1v) is 8.26. The number of aryl methyl sites for hydroxylation is 2. The third kappa shape index (κ3) is 4.11. The van der Waals surface area contributed by atoms with Crippen LogP contribution in [0.3, 0.4) is 0 Å². The lowest BCUT2D eigenvalue weighted by molar-refractivity contribution is 0.209. The van der Waals surface area contributed by atoms with Crippen molar-refractivity contribution in [2.45, 2.75) is 44.8 Å². The molecule has 2 heterocycles. The van der Waals surface area contributed by atoms with Gasteiger partial charge in [0.15, 0.2) is 0 Å². The SMILES string of the molecule is Cc1nc2n(n1)CC(NC(=O)N[C@H](CO)Cc1ccccc1)CC2. The van der Waals surface area contributed by atoms with Crippen molar-refractivity contribution in [1.82, 2.24) is 25.4 Å². The van der Waals surface area contributed by atoms with Crippen molar-refractivity contribution in [3.05, 3.63) is 47.5 Å². The van der Waals surface area contributed by atoms with E-state index >= 15 is 0 Å². The zero-order chi connectivity index (χ0) is 16.9. The molecule has 0 spiro atoms. The van der Waals surface area contributed by atoms with Crippen molar-refractivity contribution < 1.29 is 9.90 Å². The Morgan fingerprint density at radius 3 is 2.96 bits per heavy atom. The number of hydrogen-bond donors (Lipinski definition) is 3. The highest BCUT2D eigenvalue weighted by molar-refractivity contribution is 5.74. The van der Waals surface area contributed by atoms with Gasteiger partial charge in [0, 0.05) is 6.42 Å². The number of hydrogen-bond acceptors (Lipinski definition) is 4. The Hall–Kier alpha value is -2.41. The lowest BCUT2D eigenvalue weighted by atomic mass is 10.1. The predicted octanol–water partition coefficient (Wildman–Crippen LogP) is 0.804. The van der Waals surface area contributed by atoms with Crippen LogP contribution >= 0.6 is 0 Å². The summed E-state index contributed by atoms with van der Waals surface area (Å²) >= 11 is 0. The fourth-order valence-corrected chi connectivity index (χ4v) is 3.02. The first kappa shape index (κ1) is 16.4. The van der Waals surface area contributed by atoms with E-state index in [0.29, 0.717) is 13.0 Å². The van der Waals surface area contributed by atoms with E-state index in [1.54, 1.807) is 0 Å². The molecule has 3 rings (SSSR count). The van der Waals surface area contributed by atoms with Gasteiger partial charge in [-0.25, -0.2) is 14.5 Å². The molecule has 1 aliphatic heterocycles. The van der Waals surface area contributed by atoms with Crippen molar-refractivity contribution in [3.63, 3.8) is 0 Å². The fourth-order valence-electron chi connectivity index (χ4n) is 3.02. The Bertz CT molecular complexity index is 686. The van der Waals surface area contributed by atoms with Gasteiger partial charge < -0.3 is 15.7 Å². The number of carbonyl (C=O) groups is 1. The van der Waals surface area contributed by atoms with E-state index in [0.717, 1.165) is 30.1 Å². The van der Waals surface area contributed by atoms with Crippen LogP contribution in [0, 0.1) is 6.92 Å². The maximum Gasteiger partial charge on any atom is 0.315 e. The highest BCUT2D eigenvalue weighted by atomic mass is 16.3. The number of aliphatic hydroxyl groups is 1. The number of aliphatic hydroxyl groups excluding tert-OH is 1. The molecular formula is C17H23N5O2. The summed E-state index contributed by atoms with van der Waals surface area (Å²) in [4.78, 5) is 16.6. The van der Waals surface area contributed by atoms with Gasteiger partial charge in [0.1, 0.15) is 11.6 Å². The van der Waals surface area contributed by atoms with Gasteiger partial charge in [0.25, 0.3) is 0 Å². The second-order valence-electron chi connectivity index (χ2n) is 6.18. The molecule has 7 heteroatoms. The van der Waals surface area contributed by atoms with Crippen LogP contribution in [-0.2, 0) is 19.4 Å². The Morgan fingerprint density at radius 2 is 2.21 bits per heavy atom. The Balaban J connectivity index is 1.51. The summed E-state index contributed by atoms with van der Waals surface area (Å²) in [5.41, 5.74) is 1.08. The zero-order valence-electron chi connectivity index (χ0n) is 13.8. The topological polar surface area (TPSA) is 92.1 Å². The van der Waals surface area contributed by atoms with Crippen LogP contribution in [0.1, 0.15) is 23.6 Å². The minimum absolute atomic E-state index is 0.0228. The van der Waals surface area contributed by atoms with Crippen molar-refractivity contribution in [3.8, 4) is 0 Å². The van der Waals surface area contributed by atoms with Crippen molar-refractivity contribution >= 4 is 6.03 Å². The number of urea groups is 1. The third-order valence-electron chi connectivity index (χ3n) is 4.18. The van der Waals surface area contributed by atoms with E-state index in [4.69, 9.17) is 0 Å². The predicted molar refractivity (Wildman–Crippen MR) is 89.6 cm³/mol. The van der Waals surface area contributed by atoms with Gasteiger partial charge in [-0.2, -0.15) is 5.10 Å². The monoisotopic (exact) mass is 329 g/mol. The number of aromatic nitrogens is 3. The summed E-state index contributed by atoms with van der Waals surface area (Å²) < 4.78 is 1.86. The molecule has 0 saturated heterocycles. The molecule has 0 aliphatic carbocycles. The van der Waals surface area contributed by atoms with E-state index in [1.807, 2.05) is 41.9 Å². The number of nitrogens with zero attached hydrogens (tertiary/aromatic N) is 3. The van der Waals surface area contributed by atoms with Gasteiger partial charge in [-0.3, -0.25) is 0 Å². The molecule has 2 amide bonds. The van der Waals surface area contributed by atoms with Gasteiger partial charge in [-0.1, -0.05) is 30.3 Å². The van der Waals surface area contributed by atoms with Gasteiger partial charge in [-0.05, 0) is 25.3 Å². The number of carbonyl (C=O) groups excluding carboxylic acids is 1. The zero-order valence-corrected chi connectivity index (χ0v) is 13.8. The number of rotatable bonds is 5. The molecule has 0 bridgehead atoms. The minimum atomic E-state index is -0.305. The van der Waals surface area contributed by atoms with Crippen LogP contribution in [0.15, 0.2) is 30.3 Å². The number of benzene rings is 1. The Labute approximate surface area is 141 Å². The normalized spacial score (nSPS) is 17.8. The van der Waals surface area contributed by atoms with Crippen LogP contribution < -0.4 is 10.6 Å². The maximum atomic E-state index is 12.2. The number of amides is 2. The first-order valence-electron chi connectivity index (χ1n) is 8.26. The second-order valence-corrected chi connectivity index (χ2v) is 6.18. The standard InChI is InChI=1S/C17H23N5O2/c1-12-18-16-8-7-14(10-22(16)21-12)19-17(24)20-15(11-23)9-13-5-3-2-4-6-13/h2-6,14-15,23H,7-11H2,1H3,(H2,19,20,24)/t14?,15-/m0/s1. The molecule has 1 unspecified atom stereocenters. The molecule has 0 fully saturated rings. The molecule has 7 nitrogen and oxygen atoms in total. The summed E-state index contributed by atoms with van der Waals surface area (Å²) in [6, 6.07) is 9.27. The van der Waals surface area contributed by atoms with Gasteiger partial charge in [0.2, 0.25) is 0 Å². The quantitative estimate of drug-likeness (QED) is 0.757. The molecule has 3 N–H and O–H groups in total. The lowest BCUT2D eigenvalue weighted by Gasteiger charge is -2.25. The summed E-state index contributed by atoms with van der Waals surface area (Å²) in [5, 5.41) is 19.7. The van der Waals surface area contributed by atoms with Gasteiger partial charge >= 0.3 is 6.03 Å². The molecule has 1 aromatic carbocycles. The van der Waals surface area contributed by atoms with Crippen LogP contribution in [0.4, 0.5) is 4.79 Å². The molecule has 1 aliphatic rings. The molecule has 2 atom stereocenters. The van der Waals surface area contributed by atoms with E-state index in [9.17, 15) is 9.90 Å². The minimum Gasteiger partial charge on any atom is -0.394 e. The lowest BCUT2D eigenvalue weighted by Crippen LogP contribution is -2.50. The van der Waals surface area contributed by atoms with Crippen LogP contribution in [0.2, 0.25) is 0 Å². The molecule has 0 radical (unpaired) electrons.